The van der Waals surface area contributed by atoms with E-state index in [0.717, 1.165) is 10.6 Å². The Morgan fingerprint density at radius 2 is 1.75 bits per heavy atom. The maximum atomic E-state index is 11.9. The minimum atomic E-state index is -0.139. The van der Waals surface area contributed by atoms with E-state index in [1.54, 1.807) is 0 Å². The molecule has 0 aliphatic carbocycles. The summed E-state index contributed by atoms with van der Waals surface area (Å²) in [6.07, 6.45) is 0. The van der Waals surface area contributed by atoms with Gasteiger partial charge in [0.1, 0.15) is 0 Å². The molecule has 0 unspecified atom stereocenters. The van der Waals surface area contributed by atoms with Gasteiger partial charge in [0.15, 0.2) is 0 Å². The van der Waals surface area contributed by atoms with E-state index in [4.69, 9.17) is 0 Å². The van der Waals surface area contributed by atoms with Gasteiger partial charge in [0.25, 0.3) is 0 Å². The molecule has 0 saturated heterocycles. The van der Waals surface area contributed by atoms with Gasteiger partial charge in [0, 0.05) is 24.1 Å². The lowest BCUT2D eigenvalue weighted by molar-refractivity contribution is -0.120. The number of benzene rings is 1. The summed E-state index contributed by atoms with van der Waals surface area (Å²) >= 11 is 1.51. The Balaban J connectivity index is 2.51. The third-order valence-electron chi connectivity index (χ3n) is 2.54. The van der Waals surface area contributed by atoms with Crippen molar-refractivity contribution in [2.24, 2.45) is 5.92 Å². The Labute approximate surface area is 124 Å². The summed E-state index contributed by atoms with van der Waals surface area (Å²) in [7, 11) is 0. The molecule has 0 aliphatic heterocycles. The smallest absolute Gasteiger partial charge is 0.233 e. The Morgan fingerprint density at radius 1 is 1.15 bits per heavy atom. The van der Waals surface area contributed by atoms with Crippen LogP contribution in [0.5, 0.6) is 0 Å². The van der Waals surface area contributed by atoms with Gasteiger partial charge in [-0.15, -0.1) is 11.8 Å². The second kappa shape index (κ2) is 7.94. The monoisotopic (exact) mass is 294 g/mol. The van der Waals surface area contributed by atoms with E-state index in [1.807, 2.05) is 31.2 Å². The summed E-state index contributed by atoms with van der Waals surface area (Å²) in [5, 5.41) is 5.50. The van der Waals surface area contributed by atoms with Gasteiger partial charge < -0.3 is 10.6 Å². The van der Waals surface area contributed by atoms with Gasteiger partial charge in [0.05, 0.1) is 5.25 Å². The molecule has 1 aromatic rings. The zero-order valence-corrected chi connectivity index (χ0v) is 13.2. The zero-order valence-electron chi connectivity index (χ0n) is 12.4. The van der Waals surface area contributed by atoms with Crippen LogP contribution in [0.2, 0.25) is 0 Å². The van der Waals surface area contributed by atoms with Crippen LogP contribution in [0.3, 0.4) is 0 Å². The van der Waals surface area contributed by atoms with Gasteiger partial charge >= 0.3 is 0 Å². The van der Waals surface area contributed by atoms with Crippen molar-refractivity contribution in [1.82, 2.24) is 5.32 Å². The minimum Gasteiger partial charge on any atom is -0.355 e. The summed E-state index contributed by atoms with van der Waals surface area (Å²) in [5.74, 6) is 0.412. The fourth-order valence-electron chi connectivity index (χ4n) is 1.53. The average molecular weight is 294 g/mol. The summed E-state index contributed by atoms with van der Waals surface area (Å²) in [6.45, 7) is 8.20. The van der Waals surface area contributed by atoms with Gasteiger partial charge in [-0.3, -0.25) is 9.59 Å². The van der Waals surface area contributed by atoms with Crippen molar-refractivity contribution in [2.45, 2.75) is 37.8 Å². The minimum absolute atomic E-state index is 0.0506. The SMILES string of the molecule is CC(=O)Nc1ccc(S[C@H](C)C(=O)NCC(C)C)cc1. The normalized spacial score (nSPS) is 12.1. The van der Waals surface area contributed by atoms with E-state index in [0.29, 0.717) is 12.5 Å². The number of hydrogen-bond donors (Lipinski definition) is 2. The van der Waals surface area contributed by atoms with Crippen molar-refractivity contribution in [2.75, 3.05) is 11.9 Å². The third-order valence-corrected chi connectivity index (χ3v) is 3.65. The highest BCUT2D eigenvalue weighted by atomic mass is 32.2. The Kier molecular flexibility index (Phi) is 6.58. The molecule has 0 aromatic heterocycles. The first-order valence-corrected chi connectivity index (χ1v) is 7.58. The molecule has 0 radical (unpaired) electrons. The first-order valence-electron chi connectivity index (χ1n) is 6.70. The molecule has 0 heterocycles. The second-order valence-electron chi connectivity index (χ2n) is 5.10. The lowest BCUT2D eigenvalue weighted by Gasteiger charge is -2.13. The number of carbonyl (C=O) groups is 2. The Hall–Kier alpha value is -1.49. The molecular weight excluding hydrogens is 272 g/mol. The molecule has 0 fully saturated rings. The number of rotatable bonds is 6. The summed E-state index contributed by atoms with van der Waals surface area (Å²) in [5.41, 5.74) is 0.763. The van der Waals surface area contributed by atoms with Gasteiger partial charge in [-0.25, -0.2) is 0 Å². The van der Waals surface area contributed by atoms with Gasteiger partial charge in [-0.1, -0.05) is 13.8 Å². The number of nitrogens with one attached hydrogen (secondary N) is 2. The summed E-state index contributed by atoms with van der Waals surface area (Å²) < 4.78 is 0. The standard InChI is InChI=1S/C15H22N2O2S/c1-10(2)9-16-15(19)11(3)20-14-7-5-13(6-8-14)17-12(4)18/h5-8,10-11H,9H2,1-4H3,(H,16,19)(H,17,18)/t11-/m1/s1. The highest BCUT2D eigenvalue weighted by molar-refractivity contribution is 8.00. The summed E-state index contributed by atoms with van der Waals surface area (Å²) in [6, 6.07) is 7.48. The lowest BCUT2D eigenvalue weighted by atomic mass is 10.2. The molecule has 0 bridgehead atoms. The maximum absolute atomic E-state index is 11.9. The van der Waals surface area contributed by atoms with E-state index in [9.17, 15) is 9.59 Å². The van der Waals surface area contributed by atoms with Crippen molar-refractivity contribution >= 4 is 29.3 Å². The van der Waals surface area contributed by atoms with Gasteiger partial charge in [0.2, 0.25) is 11.8 Å². The van der Waals surface area contributed by atoms with Crippen LogP contribution in [0.4, 0.5) is 5.69 Å². The molecule has 4 nitrogen and oxygen atoms in total. The van der Waals surface area contributed by atoms with Crippen LogP contribution in [0.25, 0.3) is 0 Å². The molecule has 2 N–H and O–H groups in total. The molecule has 110 valence electrons. The van der Waals surface area contributed by atoms with E-state index >= 15 is 0 Å². The highest BCUT2D eigenvalue weighted by Crippen LogP contribution is 2.24. The van der Waals surface area contributed by atoms with Crippen LogP contribution in [-0.4, -0.2) is 23.6 Å². The highest BCUT2D eigenvalue weighted by Gasteiger charge is 2.14. The fourth-order valence-corrected chi connectivity index (χ4v) is 2.42. The predicted molar refractivity (Wildman–Crippen MR) is 83.9 cm³/mol. The zero-order chi connectivity index (χ0) is 15.1. The fraction of sp³-hybridized carbons (Fsp3) is 0.467. The van der Waals surface area contributed by atoms with Crippen LogP contribution in [-0.2, 0) is 9.59 Å². The van der Waals surface area contributed by atoms with Gasteiger partial charge in [-0.05, 0) is 37.1 Å². The third kappa shape index (κ3) is 6.10. The molecular formula is C15H22N2O2S. The second-order valence-corrected chi connectivity index (χ2v) is 6.52. The van der Waals surface area contributed by atoms with Crippen LogP contribution in [0.1, 0.15) is 27.7 Å². The van der Waals surface area contributed by atoms with Crippen molar-refractivity contribution in [1.29, 1.82) is 0 Å². The molecule has 5 heteroatoms. The van der Waals surface area contributed by atoms with Crippen LogP contribution < -0.4 is 10.6 Å². The van der Waals surface area contributed by atoms with E-state index in [2.05, 4.69) is 24.5 Å². The molecule has 20 heavy (non-hydrogen) atoms. The van der Waals surface area contributed by atoms with Crippen molar-refractivity contribution in [3.8, 4) is 0 Å². The van der Waals surface area contributed by atoms with Crippen LogP contribution >= 0.6 is 11.8 Å². The first-order chi connectivity index (χ1) is 9.38. The lowest BCUT2D eigenvalue weighted by Crippen LogP contribution is -2.33. The quantitative estimate of drug-likeness (QED) is 0.793. The topological polar surface area (TPSA) is 58.2 Å². The molecule has 0 spiro atoms. The molecule has 2 amide bonds. The number of thioether (sulfide) groups is 1. The predicted octanol–water partition coefficient (Wildman–Crippen LogP) is 2.90. The largest absolute Gasteiger partial charge is 0.355 e. The number of anilines is 1. The summed E-state index contributed by atoms with van der Waals surface area (Å²) in [4.78, 5) is 23.8. The van der Waals surface area contributed by atoms with Crippen molar-refractivity contribution in [3.63, 3.8) is 0 Å². The van der Waals surface area contributed by atoms with Crippen molar-refractivity contribution in [3.05, 3.63) is 24.3 Å². The molecule has 1 aromatic carbocycles. The number of hydrogen-bond acceptors (Lipinski definition) is 3. The molecule has 1 atom stereocenters. The number of carbonyl (C=O) groups excluding carboxylic acids is 2. The molecule has 0 aliphatic rings. The van der Waals surface area contributed by atoms with Crippen LogP contribution in [0, 0.1) is 5.92 Å². The van der Waals surface area contributed by atoms with E-state index in [-0.39, 0.29) is 17.1 Å². The van der Waals surface area contributed by atoms with Crippen molar-refractivity contribution < 1.29 is 9.59 Å². The number of amides is 2. The van der Waals surface area contributed by atoms with Crippen LogP contribution in [0.15, 0.2) is 29.2 Å². The Bertz CT molecular complexity index is 457. The maximum Gasteiger partial charge on any atom is 0.233 e. The Morgan fingerprint density at radius 3 is 2.25 bits per heavy atom. The molecule has 1 rings (SSSR count). The first kappa shape index (κ1) is 16.6. The molecule has 0 saturated carbocycles. The average Bonchev–Trinajstić information content (AvgIpc) is 2.37. The van der Waals surface area contributed by atoms with E-state index in [1.165, 1.54) is 18.7 Å². The van der Waals surface area contributed by atoms with Gasteiger partial charge in [-0.2, -0.15) is 0 Å². The van der Waals surface area contributed by atoms with E-state index < -0.39 is 0 Å².